The van der Waals surface area contributed by atoms with Crippen LogP contribution >= 0.6 is 0 Å². The molecule has 9 heteroatoms. The third-order valence-electron chi connectivity index (χ3n) is 6.35. The average Bonchev–Trinajstić information content (AvgIpc) is 2.80. The molecule has 3 N–H and O–H groups in total. The van der Waals surface area contributed by atoms with E-state index < -0.39 is 42.2 Å². The number of fused-ring (bicyclic) bond motifs is 1. The molecule has 0 saturated carbocycles. The van der Waals surface area contributed by atoms with E-state index >= 15 is 0 Å². The van der Waals surface area contributed by atoms with Gasteiger partial charge in [-0.3, -0.25) is 4.98 Å². The fraction of sp³-hybridized carbons (Fsp3) is 0.600. The number of methoxy groups -OCH3 is 1. The van der Waals surface area contributed by atoms with Crippen molar-refractivity contribution in [1.29, 1.82) is 0 Å². The Labute approximate surface area is 199 Å². The monoisotopic (exact) mass is 478 g/mol. The van der Waals surface area contributed by atoms with Gasteiger partial charge in [0, 0.05) is 30.0 Å². The molecule has 2 heterocycles. The molecule has 1 aliphatic rings. The first-order valence-corrected chi connectivity index (χ1v) is 11.6. The molecule has 1 fully saturated rings. The minimum Gasteiger partial charge on any atom is -0.497 e. The molecule has 1 saturated heterocycles. The molecule has 1 amide bonds. The number of ether oxygens (including phenoxy) is 2. The van der Waals surface area contributed by atoms with E-state index in [9.17, 15) is 24.5 Å². The Morgan fingerprint density at radius 2 is 2.06 bits per heavy atom. The number of hydrogen-bond acceptors (Lipinski definition) is 7. The molecule has 4 atom stereocenters. The van der Waals surface area contributed by atoms with Crippen molar-refractivity contribution in [3.05, 3.63) is 35.8 Å². The number of carbonyl (C=O) groups is 1. The predicted molar refractivity (Wildman–Crippen MR) is 125 cm³/mol. The van der Waals surface area contributed by atoms with Crippen molar-refractivity contribution in [3.63, 3.8) is 0 Å². The van der Waals surface area contributed by atoms with Crippen LogP contribution in [-0.2, 0) is 4.74 Å². The lowest BCUT2D eigenvalue weighted by molar-refractivity contribution is -0.0327. The maximum Gasteiger partial charge on any atom is 0.410 e. The zero-order valence-corrected chi connectivity index (χ0v) is 20.2. The largest absolute Gasteiger partial charge is 0.497 e. The average molecular weight is 479 g/mol. The molecule has 0 aliphatic carbocycles. The van der Waals surface area contributed by atoms with Crippen molar-refractivity contribution in [1.82, 2.24) is 9.88 Å². The van der Waals surface area contributed by atoms with E-state index in [-0.39, 0.29) is 24.4 Å². The number of amides is 1. The van der Waals surface area contributed by atoms with Crippen molar-refractivity contribution >= 4 is 17.0 Å². The number of pyridine rings is 1. The van der Waals surface area contributed by atoms with Crippen LogP contribution in [0, 0.1) is 17.7 Å². The molecule has 2 unspecified atom stereocenters. The Kier molecular flexibility index (Phi) is 8.33. The lowest BCUT2D eigenvalue weighted by Crippen LogP contribution is -2.49. The van der Waals surface area contributed by atoms with Crippen LogP contribution in [0.25, 0.3) is 10.9 Å². The number of aromatic nitrogens is 1. The van der Waals surface area contributed by atoms with E-state index in [1.807, 2.05) is 0 Å². The van der Waals surface area contributed by atoms with E-state index in [2.05, 4.69) is 4.98 Å². The summed E-state index contributed by atoms with van der Waals surface area (Å²) in [4.78, 5) is 18.1. The molecule has 0 spiro atoms. The number of halogens is 1. The van der Waals surface area contributed by atoms with Crippen molar-refractivity contribution in [2.45, 2.75) is 57.8 Å². The number of benzene rings is 1. The maximum absolute atomic E-state index is 14.7. The summed E-state index contributed by atoms with van der Waals surface area (Å²) in [6.45, 7) is 5.61. The van der Waals surface area contributed by atoms with Gasteiger partial charge in [0.1, 0.15) is 17.2 Å². The van der Waals surface area contributed by atoms with Gasteiger partial charge in [0.25, 0.3) is 0 Å². The number of hydrogen-bond donors (Lipinski definition) is 3. The summed E-state index contributed by atoms with van der Waals surface area (Å²) >= 11 is 0. The minimum absolute atomic E-state index is 0.0683. The highest BCUT2D eigenvalue weighted by molar-refractivity contribution is 5.84. The zero-order chi connectivity index (χ0) is 25.0. The lowest BCUT2D eigenvalue weighted by Gasteiger charge is -2.41. The lowest BCUT2D eigenvalue weighted by atomic mass is 9.78. The van der Waals surface area contributed by atoms with Gasteiger partial charge in [-0.15, -0.1) is 0 Å². The number of aliphatic hydroxyl groups is 3. The van der Waals surface area contributed by atoms with Gasteiger partial charge in [-0.1, -0.05) is 0 Å². The first-order valence-electron chi connectivity index (χ1n) is 11.6. The Bertz CT molecular complexity index is 995. The van der Waals surface area contributed by atoms with Crippen LogP contribution in [0.2, 0.25) is 0 Å². The molecule has 1 aliphatic heterocycles. The summed E-state index contributed by atoms with van der Waals surface area (Å²) < 4.78 is 25.4. The Morgan fingerprint density at radius 1 is 1.32 bits per heavy atom. The Morgan fingerprint density at radius 3 is 2.71 bits per heavy atom. The van der Waals surface area contributed by atoms with Crippen molar-refractivity contribution in [2.24, 2.45) is 11.8 Å². The fourth-order valence-electron chi connectivity index (χ4n) is 4.60. The van der Waals surface area contributed by atoms with Crippen LogP contribution in [-0.4, -0.2) is 69.8 Å². The van der Waals surface area contributed by atoms with Gasteiger partial charge in [-0.2, -0.15) is 0 Å². The van der Waals surface area contributed by atoms with Gasteiger partial charge in [0.15, 0.2) is 0 Å². The van der Waals surface area contributed by atoms with Crippen LogP contribution in [0.15, 0.2) is 24.4 Å². The number of likely N-dealkylation sites (tertiary alicyclic amines) is 1. The van der Waals surface area contributed by atoms with Crippen LogP contribution in [0.4, 0.5) is 9.18 Å². The first kappa shape index (κ1) is 26.1. The van der Waals surface area contributed by atoms with Crippen LogP contribution in [0.5, 0.6) is 5.75 Å². The van der Waals surface area contributed by atoms with Crippen molar-refractivity contribution in [2.75, 3.05) is 26.8 Å². The van der Waals surface area contributed by atoms with E-state index in [0.717, 1.165) is 6.20 Å². The third kappa shape index (κ3) is 6.14. The highest BCUT2D eigenvalue weighted by atomic mass is 19.1. The summed E-state index contributed by atoms with van der Waals surface area (Å²) in [6.07, 6.45) is -0.160. The summed E-state index contributed by atoms with van der Waals surface area (Å²) in [6, 6.07) is 5.09. The number of rotatable bonds is 7. The van der Waals surface area contributed by atoms with Gasteiger partial charge >= 0.3 is 6.09 Å². The van der Waals surface area contributed by atoms with Gasteiger partial charge in [-0.25, -0.2) is 9.18 Å². The number of carbonyl (C=O) groups excluding carboxylic acids is 1. The normalized spacial score (nSPS) is 20.8. The van der Waals surface area contributed by atoms with E-state index in [4.69, 9.17) is 9.47 Å². The molecule has 34 heavy (non-hydrogen) atoms. The molecule has 1 aromatic carbocycles. The number of nitrogens with zero attached hydrogens (tertiary/aromatic N) is 2. The zero-order valence-electron chi connectivity index (χ0n) is 20.2. The van der Waals surface area contributed by atoms with Crippen molar-refractivity contribution in [3.8, 4) is 5.75 Å². The van der Waals surface area contributed by atoms with E-state index in [1.54, 1.807) is 43.9 Å². The molecular weight excluding hydrogens is 443 g/mol. The standard InChI is InChI=1S/C25H35FN2O6/c1-25(2,3)34-24(32)28-10-9-15(18(13-28)22(31)14-29)5-8-21(30)23-17-11-16(33-4)6-7-20(17)27-12-19(23)26/h6-7,11-12,15,18,21-22,29-31H,5,8-10,13-14H2,1-4H3/t15-,18+,21?,22?/m1/s1. The Hall–Kier alpha value is -2.49. The highest BCUT2D eigenvalue weighted by Gasteiger charge is 2.37. The van der Waals surface area contributed by atoms with Crippen LogP contribution in [0.3, 0.4) is 0 Å². The second kappa shape index (κ2) is 10.8. The summed E-state index contributed by atoms with van der Waals surface area (Å²) in [5.41, 5.74) is 0.0771. The molecule has 8 nitrogen and oxygen atoms in total. The second-order valence-corrected chi connectivity index (χ2v) is 9.88. The van der Waals surface area contributed by atoms with Gasteiger partial charge in [-0.05, 0) is 64.2 Å². The quantitative estimate of drug-likeness (QED) is 0.559. The maximum atomic E-state index is 14.7. The van der Waals surface area contributed by atoms with Gasteiger partial charge < -0.3 is 29.7 Å². The van der Waals surface area contributed by atoms with Gasteiger partial charge in [0.2, 0.25) is 0 Å². The SMILES string of the molecule is COc1ccc2ncc(F)c(C(O)CC[C@@H]3CCN(C(=O)OC(C)(C)C)C[C@@H]3C(O)CO)c2c1. The number of piperidine rings is 1. The molecule has 0 radical (unpaired) electrons. The van der Waals surface area contributed by atoms with Crippen LogP contribution < -0.4 is 4.74 Å². The van der Waals surface area contributed by atoms with E-state index in [1.165, 1.54) is 7.11 Å². The molecule has 188 valence electrons. The topological polar surface area (TPSA) is 112 Å². The van der Waals surface area contributed by atoms with E-state index in [0.29, 0.717) is 36.0 Å². The smallest absolute Gasteiger partial charge is 0.410 e. The van der Waals surface area contributed by atoms with Gasteiger partial charge in [0.05, 0.1) is 37.6 Å². The molecular formula is C25H35FN2O6. The summed E-state index contributed by atoms with van der Waals surface area (Å²) in [5.74, 6) is -0.521. The predicted octanol–water partition coefficient (Wildman–Crippen LogP) is 3.42. The minimum atomic E-state index is -1.09. The molecule has 2 aromatic rings. The molecule has 1 aromatic heterocycles. The third-order valence-corrected chi connectivity index (χ3v) is 6.35. The summed E-state index contributed by atoms with van der Waals surface area (Å²) in [7, 11) is 1.51. The Balaban J connectivity index is 1.74. The van der Waals surface area contributed by atoms with Crippen LogP contribution in [0.1, 0.15) is 51.7 Å². The molecule has 3 rings (SSSR count). The second-order valence-electron chi connectivity index (χ2n) is 9.88. The van der Waals surface area contributed by atoms with Crippen molar-refractivity contribution < 1.29 is 34.0 Å². The first-order chi connectivity index (χ1) is 16.0. The highest BCUT2D eigenvalue weighted by Crippen LogP contribution is 2.36. The fourth-order valence-corrected chi connectivity index (χ4v) is 4.60. The summed E-state index contributed by atoms with van der Waals surface area (Å²) in [5, 5.41) is 31.4. The molecule has 0 bridgehead atoms. The number of aliphatic hydroxyl groups excluding tert-OH is 3.